The highest BCUT2D eigenvalue weighted by Gasteiger charge is 2.23. The summed E-state index contributed by atoms with van der Waals surface area (Å²) in [6, 6.07) is -0.800. The lowest BCUT2D eigenvalue weighted by Gasteiger charge is -2.18. The average molecular weight is 189 g/mol. The second kappa shape index (κ2) is 3.48. The van der Waals surface area contributed by atoms with E-state index in [-0.39, 0.29) is 5.70 Å². The van der Waals surface area contributed by atoms with Crippen molar-refractivity contribution in [1.29, 1.82) is 0 Å². The molecular formula is C6H7NO4S. The van der Waals surface area contributed by atoms with E-state index in [9.17, 15) is 9.59 Å². The lowest BCUT2D eigenvalue weighted by atomic mass is 10.3. The fourth-order valence-corrected chi connectivity index (χ4v) is 1.59. The molecule has 5 nitrogen and oxygen atoms in total. The van der Waals surface area contributed by atoms with Gasteiger partial charge in [0.2, 0.25) is 0 Å². The van der Waals surface area contributed by atoms with Crippen molar-refractivity contribution in [2.75, 3.05) is 5.75 Å². The number of hydrogen-bond donors (Lipinski definition) is 3. The molecule has 0 aromatic rings. The maximum Gasteiger partial charge on any atom is 0.352 e. The number of thioether (sulfide) groups is 1. The van der Waals surface area contributed by atoms with Gasteiger partial charge in [0, 0.05) is 11.2 Å². The Morgan fingerprint density at radius 3 is 2.75 bits per heavy atom. The molecule has 66 valence electrons. The molecule has 0 aliphatic carbocycles. The number of rotatable bonds is 2. The van der Waals surface area contributed by atoms with Crippen molar-refractivity contribution in [2.45, 2.75) is 6.04 Å². The van der Waals surface area contributed by atoms with Crippen LogP contribution in [0, 0.1) is 0 Å². The van der Waals surface area contributed by atoms with Crippen LogP contribution in [-0.2, 0) is 9.59 Å². The van der Waals surface area contributed by atoms with Gasteiger partial charge in [-0.05, 0) is 0 Å². The van der Waals surface area contributed by atoms with Gasteiger partial charge < -0.3 is 15.5 Å². The third-order valence-corrected chi connectivity index (χ3v) is 2.25. The SMILES string of the molecule is O=C(O)C1=CSCC(C(=O)O)N1. The molecule has 1 aliphatic rings. The van der Waals surface area contributed by atoms with Crippen LogP contribution in [0.25, 0.3) is 0 Å². The Hall–Kier alpha value is -1.17. The number of carboxylic acids is 2. The highest BCUT2D eigenvalue weighted by molar-refractivity contribution is 8.02. The molecule has 1 aliphatic heterocycles. The molecular weight excluding hydrogens is 182 g/mol. The molecule has 0 spiro atoms. The topological polar surface area (TPSA) is 86.6 Å². The van der Waals surface area contributed by atoms with E-state index in [2.05, 4.69) is 5.32 Å². The highest BCUT2D eigenvalue weighted by Crippen LogP contribution is 2.14. The molecule has 1 rings (SSSR count). The first-order valence-electron chi connectivity index (χ1n) is 3.15. The number of hydrogen-bond acceptors (Lipinski definition) is 4. The summed E-state index contributed by atoms with van der Waals surface area (Å²) in [5.74, 6) is -1.81. The lowest BCUT2D eigenvalue weighted by Crippen LogP contribution is -2.41. The minimum Gasteiger partial charge on any atom is -0.480 e. The van der Waals surface area contributed by atoms with Crippen LogP contribution in [-0.4, -0.2) is 33.9 Å². The Balaban J connectivity index is 2.65. The van der Waals surface area contributed by atoms with Crippen LogP contribution in [0.5, 0.6) is 0 Å². The molecule has 0 aromatic heterocycles. The van der Waals surface area contributed by atoms with Gasteiger partial charge in [-0.15, -0.1) is 11.8 Å². The molecule has 3 N–H and O–H groups in total. The van der Waals surface area contributed by atoms with Crippen molar-refractivity contribution < 1.29 is 19.8 Å². The van der Waals surface area contributed by atoms with Gasteiger partial charge in [-0.3, -0.25) is 0 Å². The van der Waals surface area contributed by atoms with Crippen LogP contribution in [0.1, 0.15) is 0 Å². The van der Waals surface area contributed by atoms with Gasteiger partial charge in [-0.2, -0.15) is 0 Å². The monoisotopic (exact) mass is 189 g/mol. The van der Waals surface area contributed by atoms with Crippen molar-refractivity contribution >= 4 is 23.7 Å². The van der Waals surface area contributed by atoms with Crippen LogP contribution in [0.2, 0.25) is 0 Å². The normalized spacial score (nSPS) is 22.3. The molecule has 1 unspecified atom stereocenters. The Kier molecular flexibility index (Phi) is 2.59. The predicted molar refractivity (Wildman–Crippen MR) is 42.7 cm³/mol. The number of carboxylic acid groups (broad SMARTS) is 2. The van der Waals surface area contributed by atoms with Crippen LogP contribution in [0.4, 0.5) is 0 Å². The molecule has 0 aromatic carbocycles. The Labute approximate surface area is 72.5 Å². The Morgan fingerprint density at radius 2 is 2.25 bits per heavy atom. The first-order valence-corrected chi connectivity index (χ1v) is 4.20. The smallest absolute Gasteiger partial charge is 0.352 e. The van der Waals surface area contributed by atoms with Gasteiger partial charge in [-0.1, -0.05) is 0 Å². The summed E-state index contributed by atoms with van der Waals surface area (Å²) in [6.07, 6.45) is 0. The first-order chi connectivity index (χ1) is 5.61. The summed E-state index contributed by atoms with van der Waals surface area (Å²) < 4.78 is 0. The molecule has 1 heterocycles. The molecule has 6 heteroatoms. The molecule has 0 saturated heterocycles. The maximum absolute atomic E-state index is 10.4. The van der Waals surface area contributed by atoms with Crippen LogP contribution in [0.3, 0.4) is 0 Å². The maximum atomic E-state index is 10.4. The van der Waals surface area contributed by atoms with Crippen LogP contribution in [0.15, 0.2) is 11.1 Å². The summed E-state index contributed by atoms with van der Waals surface area (Å²) >= 11 is 1.18. The second-order valence-electron chi connectivity index (χ2n) is 2.21. The zero-order chi connectivity index (χ0) is 9.14. The summed E-state index contributed by atoms with van der Waals surface area (Å²) in [6.45, 7) is 0. The van der Waals surface area contributed by atoms with Crippen molar-refractivity contribution in [3.05, 3.63) is 11.1 Å². The lowest BCUT2D eigenvalue weighted by molar-refractivity contribution is -0.138. The summed E-state index contributed by atoms with van der Waals surface area (Å²) in [5, 5.41) is 20.8. The second-order valence-corrected chi connectivity index (χ2v) is 3.11. The average Bonchev–Trinajstić information content (AvgIpc) is 2.04. The number of carbonyl (C=O) groups is 2. The van der Waals surface area contributed by atoms with E-state index >= 15 is 0 Å². The van der Waals surface area contributed by atoms with E-state index in [1.165, 1.54) is 17.2 Å². The Morgan fingerprint density at radius 1 is 1.58 bits per heavy atom. The summed E-state index contributed by atoms with van der Waals surface area (Å²) in [5.41, 5.74) is -0.0568. The largest absolute Gasteiger partial charge is 0.480 e. The van der Waals surface area contributed by atoms with E-state index in [1.54, 1.807) is 0 Å². The fraction of sp³-hybridized carbons (Fsp3) is 0.333. The quantitative estimate of drug-likeness (QED) is 0.553. The molecule has 12 heavy (non-hydrogen) atoms. The van der Waals surface area contributed by atoms with Crippen molar-refractivity contribution in [1.82, 2.24) is 5.32 Å². The van der Waals surface area contributed by atoms with E-state index in [0.29, 0.717) is 5.75 Å². The van der Waals surface area contributed by atoms with E-state index in [1.807, 2.05) is 0 Å². The van der Waals surface area contributed by atoms with Gasteiger partial charge in [-0.25, -0.2) is 9.59 Å². The predicted octanol–water partition coefficient (Wildman–Crippen LogP) is -0.298. The van der Waals surface area contributed by atoms with Gasteiger partial charge in [0.05, 0.1) is 0 Å². The van der Waals surface area contributed by atoms with Gasteiger partial charge in [0.1, 0.15) is 11.7 Å². The molecule has 1 atom stereocenters. The standard InChI is InChI=1S/C6H7NO4S/c8-5(9)3-1-12-2-4(7-3)6(10)11/h1,4,7H,2H2,(H,8,9)(H,10,11). The third-order valence-electron chi connectivity index (χ3n) is 1.32. The highest BCUT2D eigenvalue weighted by atomic mass is 32.2. The van der Waals surface area contributed by atoms with E-state index < -0.39 is 18.0 Å². The number of aliphatic carboxylic acids is 2. The minimum absolute atomic E-state index is 0.0568. The van der Waals surface area contributed by atoms with E-state index in [0.717, 1.165) is 0 Å². The first kappa shape index (κ1) is 8.92. The third kappa shape index (κ3) is 1.91. The molecule has 0 bridgehead atoms. The Bertz CT molecular complexity index is 250. The molecule has 0 radical (unpaired) electrons. The van der Waals surface area contributed by atoms with Gasteiger partial charge in [0.15, 0.2) is 0 Å². The zero-order valence-electron chi connectivity index (χ0n) is 5.98. The van der Waals surface area contributed by atoms with Crippen LogP contribution < -0.4 is 5.32 Å². The van der Waals surface area contributed by atoms with Crippen molar-refractivity contribution in [3.63, 3.8) is 0 Å². The van der Waals surface area contributed by atoms with Gasteiger partial charge in [0.25, 0.3) is 0 Å². The van der Waals surface area contributed by atoms with Crippen molar-refractivity contribution in [2.24, 2.45) is 0 Å². The zero-order valence-corrected chi connectivity index (χ0v) is 6.80. The molecule has 0 saturated carbocycles. The fourth-order valence-electron chi connectivity index (χ4n) is 0.736. The summed E-state index contributed by atoms with van der Waals surface area (Å²) in [7, 11) is 0. The van der Waals surface area contributed by atoms with E-state index in [4.69, 9.17) is 10.2 Å². The summed E-state index contributed by atoms with van der Waals surface area (Å²) in [4.78, 5) is 20.8. The minimum atomic E-state index is -1.13. The molecule has 0 fully saturated rings. The van der Waals surface area contributed by atoms with Crippen molar-refractivity contribution in [3.8, 4) is 0 Å². The molecule has 0 amide bonds. The van der Waals surface area contributed by atoms with Crippen LogP contribution >= 0.6 is 11.8 Å². The van der Waals surface area contributed by atoms with Gasteiger partial charge >= 0.3 is 11.9 Å². The number of nitrogens with one attached hydrogen (secondary N) is 1.